The molecule has 13 rings (SSSR count). The number of benzene rings is 9. The zero-order chi connectivity index (χ0) is 39.3. The second-order valence-electron chi connectivity index (χ2n) is 15.4. The minimum atomic E-state index is 0.624. The molecule has 280 valence electrons. The van der Waals surface area contributed by atoms with Crippen molar-refractivity contribution in [3.8, 4) is 45.4 Å². The van der Waals surface area contributed by atoms with Crippen LogP contribution in [-0.4, -0.2) is 19.1 Å². The van der Waals surface area contributed by atoms with Crippen LogP contribution < -0.4 is 0 Å². The lowest BCUT2D eigenvalue weighted by atomic mass is 10.0. The first-order chi connectivity index (χ1) is 29.7. The van der Waals surface area contributed by atoms with Gasteiger partial charge in [-0.1, -0.05) is 103 Å². The Kier molecular flexibility index (Phi) is 6.91. The Balaban J connectivity index is 0.883. The highest BCUT2D eigenvalue weighted by Crippen LogP contribution is 2.40. The van der Waals surface area contributed by atoms with E-state index in [4.69, 9.17) is 18.8 Å². The van der Waals surface area contributed by atoms with E-state index in [0.29, 0.717) is 11.8 Å². The molecule has 0 spiro atoms. The monoisotopic (exact) mass is 768 g/mol. The number of fused-ring (bicyclic) bond motifs is 10. The molecule has 13 aromatic rings. The van der Waals surface area contributed by atoms with Gasteiger partial charge in [0.05, 0.1) is 22.1 Å². The molecule has 0 saturated heterocycles. The van der Waals surface area contributed by atoms with Crippen LogP contribution in [0.4, 0.5) is 0 Å². The van der Waals surface area contributed by atoms with E-state index in [1.165, 1.54) is 27.1 Å². The predicted molar refractivity (Wildman–Crippen MR) is 244 cm³/mol. The Labute approximate surface area is 342 Å². The molecule has 0 bridgehead atoms. The molecule has 0 N–H and O–H groups in total. The van der Waals surface area contributed by atoms with Gasteiger partial charge in [-0.3, -0.25) is 0 Å². The molecular formula is C54H32N4O2. The zero-order valence-corrected chi connectivity index (χ0v) is 32.1. The number of para-hydroxylation sites is 5. The van der Waals surface area contributed by atoms with Crippen LogP contribution in [0.3, 0.4) is 0 Å². The third-order valence-corrected chi connectivity index (χ3v) is 12.0. The molecule has 0 aliphatic heterocycles. The summed E-state index contributed by atoms with van der Waals surface area (Å²) in [5.41, 5.74) is 14.3. The molecular weight excluding hydrogens is 737 g/mol. The second-order valence-corrected chi connectivity index (χ2v) is 15.4. The summed E-state index contributed by atoms with van der Waals surface area (Å²) in [5, 5.41) is 7.10. The Morgan fingerprint density at radius 2 is 0.817 bits per heavy atom. The maximum atomic E-state index is 6.20. The molecule has 0 amide bonds. The van der Waals surface area contributed by atoms with Gasteiger partial charge in [-0.05, 0) is 108 Å². The molecule has 60 heavy (non-hydrogen) atoms. The van der Waals surface area contributed by atoms with Crippen molar-refractivity contribution in [2.45, 2.75) is 0 Å². The average molecular weight is 769 g/mol. The van der Waals surface area contributed by atoms with Gasteiger partial charge in [0, 0.05) is 49.4 Å². The molecule has 0 fully saturated rings. The Hall–Kier alpha value is -8.22. The van der Waals surface area contributed by atoms with Crippen LogP contribution in [0.5, 0.6) is 0 Å². The van der Waals surface area contributed by atoms with Crippen molar-refractivity contribution in [1.82, 2.24) is 19.1 Å². The molecule has 9 aromatic carbocycles. The fourth-order valence-electron chi connectivity index (χ4n) is 9.16. The number of aromatic nitrogens is 4. The zero-order valence-electron chi connectivity index (χ0n) is 32.1. The van der Waals surface area contributed by atoms with Crippen LogP contribution in [0.2, 0.25) is 0 Å². The van der Waals surface area contributed by atoms with Crippen LogP contribution in [0.25, 0.3) is 122 Å². The van der Waals surface area contributed by atoms with Crippen LogP contribution in [0, 0.1) is 0 Å². The number of nitrogens with zero attached hydrogens (tertiary/aromatic N) is 4. The minimum absolute atomic E-state index is 0.624. The van der Waals surface area contributed by atoms with E-state index in [1.807, 2.05) is 48.5 Å². The van der Waals surface area contributed by atoms with E-state index in [-0.39, 0.29) is 0 Å². The summed E-state index contributed by atoms with van der Waals surface area (Å²) in [4.78, 5) is 9.58. The largest absolute Gasteiger partial charge is 0.436 e. The van der Waals surface area contributed by atoms with E-state index in [9.17, 15) is 0 Å². The van der Waals surface area contributed by atoms with Crippen molar-refractivity contribution in [2.24, 2.45) is 0 Å². The van der Waals surface area contributed by atoms with Gasteiger partial charge in [-0.25, -0.2) is 9.97 Å². The van der Waals surface area contributed by atoms with Gasteiger partial charge in [0.1, 0.15) is 11.0 Å². The van der Waals surface area contributed by atoms with Crippen molar-refractivity contribution >= 4 is 76.6 Å². The van der Waals surface area contributed by atoms with Gasteiger partial charge in [0.25, 0.3) is 0 Å². The summed E-state index contributed by atoms with van der Waals surface area (Å²) in [6.45, 7) is 0. The lowest BCUT2D eigenvalue weighted by Gasteiger charge is -2.12. The predicted octanol–water partition coefficient (Wildman–Crippen LogP) is 14.3. The summed E-state index contributed by atoms with van der Waals surface area (Å²) < 4.78 is 17.1. The van der Waals surface area contributed by atoms with Gasteiger partial charge in [-0.2, -0.15) is 0 Å². The summed E-state index contributed by atoms with van der Waals surface area (Å²) in [5.74, 6) is 1.25. The molecule has 0 aliphatic carbocycles. The highest BCUT2D eigenvalue weighted by atomic mass is 16.4. The number of oxazole rings is 2. The van der Waals surface area contributed by atoms with Crippen LogP contribution in [0.15, 0.2) is 203 Å². The molecule has 0 aliphatic rings. The maximum absolute atomic E-state index is 6.20. The second kappa shape index (κ2) is 12.6. The quantitative estimate of drug-likeness (QED) is 0.175. The van der Waals surface area contributed by atoms with Crippen molar-refractivity contribution in [1.29, 1.82) is 0 Å². The van der Waals surface area contributed by atoms with E-state index in [2.05, 4.69) is 155 Å². The fraction of sp³-hybridized carbons (Fsp3) is 0. The molecule has 4 aromatic heterocycles. The minimum Gasteiger partial charge on any atom is -0.436 e. The lowest BCUT2D eigenvalue weighted by molar-refractivity contribution is 0.619. The van der Waals surface area contributed by atoms with E-state index < -0.39 is 0 Å². The van der Waals surface area contributed by atoms with Crippen LogP contribution in [0.1, 0.15) is 0 Å². The molecule has 0 atom stereocenters. The molecule has 6 heteroatoms. The number of hydrogen-bond acceptors (Lipinski definition) is 4. The van der Waals surface area contributed by atoms with Crippen LogP contribution >= 0.6 is 0 Å². The van der Waals surface area contributed by atoms with E-state index in [0.717, 1.165) is 83.2 Å². The Bertz CT molecular complexity index is 3760. The van der Waals surface area contributed by atoms with Crippen LogP contribution in [-0.2, 0) is 0 Å². The van der Waals surface area contributed by atoms with Gasteiger partial charge < -0.3 is 18.0 Å². The van der Waals surface area contributed by atoms with E-state index in [1.54, 1.807) is 0 Å². The van der Waals surface area contributed by atoms with Crippen molar-refractivity contribution in [3.05, 3.63) is 194 Å². The smallest absolute Gasteiger partial charge is 0.227 e. The topological polar surface area (TPSA) is 61.9 Å². The SMILES string of the molecule is c1ccc2c(c1)ccc1c3cc(-c4nc5ccccc5o4)ccc3n(-c3ccc(-c4ccc(-n5c6ccccc6c6cc(-c7nc8ccccc8o7)ccc65)cc4)cc3)c21. The van der Waals surface area contributed by atoms with Crippen molar-refractivity contribution in [3.63, 3.8) is 0 Å². The first kappa shape index (κ1) is 32.8. The summed E-state index contributed by atoms with van der Waals surface area (Å²) in [6.07, 6.45) is 0. The lowest BCUT2D eigenvalue weighted by Crippen LogP contribution is -1.95. The van der Waals surface area contributed by atoms with Gasteiger partial charge in [0.2, 0.25) is 11.8 Å². The van der Waals surface area contributed by atoms with Crippen molar-refractivity contribution < 1.29 is 8.83 Å². The summed E-state index contributed by atoms with van der Waals surface area (Å²) in [6, 6.07) is 68.3. The summed E-state index contributed by atoms with van der Waals surface area (Å²) in [7, 11) is 0. The van der Waals surface area contributed by atoms with E-state index >= 15 is 0 Å². The summed E-state index contributed by atoms with van der Waals surface area (Å²) >= 11 is 0. The molecule has 0 unspecified atom stereocenters. The molecule has 4 heterocycles. The molecule has 6 nitrogen and oxygen atoms in total. The van der Waals surface area contributed by atoms with Crippen molar-refractivity contribution in [2.75, 3.05) is 0 Å². The number of rotatable bonds is 5. The van der Waals surface area contributed by atoms with Gasteiger partial charge >= 0.3 is 0 Å². The first-order valence-electron chi connectivity index (χ1n) is 20.1. The van der Waals surface area contributed by atoms with Gasteiger partial charge in [0.15, 0.2) is 11.2 Å². The van der Waals surface area contributed by atoms with Gasteiger partial charge in [-0.15, -0.1) is 0 Å². The first-order valence-corrected chi connectivity index (χ1v) is 20.1. The Morgan fingerprint density at radius 3 is 1.45 bits per heavy atom. The highest BCUT2D eigenvalue weighted by molar-refractivity contribution is 6.19. The third kappa shape index (κ3) is 4.94. The molecule has 0 radical (unpaired) electrons. The standard InChI is InChI=1S/C54H32N4O2/c1-2-10-40-35(9-1)21-28-42-44-32-37(54-56-46-13-5-8-16-51(46)60-54)23-30-49(44)58(52(40)42)39-26-19-34(20-27-39)33-17-24-38(25-18-33)57-47-14-6-3-11-41(47)43-31-36(22-29-48(43)57)53-55-45-12-4-7-15-50(45)59-53/h1-32H. The Morgan fingerprint density at radius 1 is 0.333 bits per heavy atom. The maximum Gasteiger partial charge on any atom is 0.227 e. The normalized spacial score (nSPS) is 12.0. The highest BCUT2D eigenvalue weighted by Gasteiger charge is 2.19. The average Bonchev–Trinajstić information content (AvgIpc) is 4.10. The fourth-order valence-corrected chi connectivity index (χ4v) is 9.16. The number of hydrogen-bond donors (Lipinski definition) is 0. The molecule has 0 saturated carbocycles. The third-order valence-electron chi connectivity index (χ3n) is 12.0.